The highest BCUT2D eigenvalue weighted by Gasteiger charge is 2.27. The average molecular weight is 281 g/mol. The van der Waals surface area contributed by atoms with Gasteiger partial charge in [-0.3, -0.25) is 4.79 Å². The van der Waals surface area contributed by atoms with Crippen LogP contribution < -0.4 is 5.32 Å². The summed E-state index contributed by atoms with van der Waals surface area (Å²) in [5.74, 6) is -2.71. The lowest BCUT2D eigenvalue weighted by atomic mass is 10.4. The number of rotatable bonds is 6. The maximum atomic E-state index is 11.7. The van der Waals surface area contributed by atoms with Crippen molar-refractivity contribution in [3.63, 3.8) is 0 Å². The monoisotopic (exact) mass is 281 g/mol. The summed E-state index contributed by atoms with van der Waals surface area (Å²) >= 11 is 0. The number of carboxylic acid groups (broad SMARTS) is 1. The molecule has 0 atom stereocenters. The molecule has 1 amide bonds. The summed E-state index contributed by atoms with van der Waals surface area (Å²) in [7, 11) is 0. The number of aromatic carboxylic acids is 1. The van der Waals surface area contributed by atoms with Crippen molar-refractivity contribution < 1.29 is 37.0 Å². The molecule has 0 aliphatic carbocycles. The molecule has 0 aliphatic heterocycles. The molecule has 9 heteroatoms. The molecule has 2 N–H and O–H groups in total. The molecule has 0 radical (unpaired) electrons. The van der Waals surface area contributed by atoms with Crippen LogP contribution in [0.2, 0.25) is 0 Å². The summed E-state index contributed by atoms with van der Waals surface area (Å²) in [4.78, 5) is 21.8. The summed E-state index contributed by atoms with van der Waals surface area (Å²) in [5, 5.41) is 10.8. The molecule has 19 heavy (non-hydrogen) atoms. The molecule has 0 bridgehead atoms. The van der Waals surface area contributed by atoms with Crippen molar-refractivity contribution >= 4 is 11.9 Å². The normalized spacial score (nSPS) is 11.3. The van der Waals surface area contributed by atoms with Gasteiger partial charge in [-0.2, -0.15) is 13.2 Å². The number of alkyl halides is 3. The fourth-order valence-electron chi connectivity index (χ4n) is 1.09. The van der Waals surface area contributed by atoms with Crippen molar-refractivity contribution in [2.45, 2.75) is 6.18 Å². The van der Waals surface area contributed by atoms with Gasteiger partial charge in [0.2, 0.25) is 5.76 Å². The molecule has 0 fully saturated rings. The van der Waals surface area contributed by atoms with Crippen molar-refractivity contribution in [1.29, 1.82) is 0 Å². The highest BCUT2D eigenvalue weighted by Crippen LogP contribution is 2.14. The standard InChI is InChI=1S/C10H10F3NO5/c11-10(12,13)5-18-4-3-14-8(15)6-1-2-7(19-6)9(16)17/h1-2H,3-5H2,(H,14,15)(H,16,17). The fraction of sp³-hybridized carbons (Fsp3) is 0.400. The van der Waals surface area contributed by atoms with Gasteiger partial charge in [-0.1, -0.05) is 0 Å². The quantitative estimate of drug-likeness (QED) is 0.767. The SMILES string of the molecule is O=C(O)c1ccc(C(=O)NCCOCC(F)(F)F)o1. The van der Waals surface area contributed by atoms with E-state index in [2.05, 4.69) is 14.5 Å². The molecule has 6 nitrogen and oxygen atoms in total. The van der Waals surface area contributed by atoms with Crippen molar-refractivity contribution in [2.24, 2.45) is 0 Å². The summed E-state index contributed by atoms with van der Waals surface area (Å²) in [6.07, 6.45) is -4.42. The zero-order valence-electron chi connectivity index (χ0n) is 9.49. The zero-order valence-corrected chi connectivity index (χ0v) is 9.49. The number of hydrogen-bond donors (Lipinski definition) is 2. The Bertz CT molecular complexity index is 454. The van der Waals surface area contributed by atoms with Crippen LogP contribution in [-0.2, 0) is 4.74 Å². The summed E-state index contributed by atoms with van der Waals surface area (Å²) in [6, 6.07) is 2.24. The van der Waals surface area contributed by atoms with Crippen LogP contribution in [-0.4, -0.2) is 42.9 Å². The first-order valence-corrected chi connectivity index (χ1v) is 5.05. The Balaban J connectivity index is 2.29. The van der Waals surface area contributed by atoms with E-state index in [0.29, 0.717) is 0 Å². The summed E-state index contributed by atoms with van der Waals surface area (Å²) in [5.41, 5.74) is 0. The number of amides is 1. The second-order valence-electron chi connectivity index (χ2n) is 3.39. The Hall–Kier alpha value is -2.03. The van der Waals surface area contributed by atoms with E-state index in [4.69, 9.17) is 5.11 Å². The lowest BCUT2D eigenvalue weighted by Crippen LogP contribution is -2.28. The maximum absolute atomic E-state index is 11.7. The van der Waals surface area contributed by atoms with Crippen molar-refractivity contribution in [3.05, 3.63) is 23.7 Å². The summed E-state index contributed by atoms with van der Waals surface area (Å²) in [6.45, 7) is -1.87. The van der Waals surface area contributed by atoms with Gasteiger partial charge >= 0.3 is 12.1 Å². The van der Waals surface area contributed by atoms with Crippen molar-refractivity contribution in [2.75, 3.05) is 19.8 Å². The third-order valence-corrected chi connectivity index (χ3v) is 1.84. The Morgan fingerprint density at radius 3 is 2.47 bits per heavy atom. The smallest absolute Gasteiger partial charge is 0.411 e. The van der Waals surface area contributed by atoms with Gasteiger partial charge < -0.3 is 19.6 Å². The number of hydrogen-bond acceptors (Lipinski definition) is 4. The first-order chi connectivity index (χ1) is 8.79. The Kier molecular flexibility index (Phi) is 4.93. The molecule has 0 unspecified atom stereocenters. The number of carbonyl (C=O) groups excluding carboxylic acids is 1. The first kappa shape index (κ1) is 15.0. The Morgan fingerprint density at radius 2 is 1.95 bits per heavy atom. The number of ether oxygens (including phenoxy) is 1. The van der Waals surface area contributed by atoms with E-state index >= 15 is 0 Å². The second kappa shape index (κ2) is 6.23. The predicted octanol–water partition coefficient (Wildman–Crippen LogP) is 1.29. The van der Waals surface area contributed by atoms with Crippen LogP contribution in [0.25, 0.3) is 0 Å². The van der Waals surface area contributed by atoms with Gasteiger partial charge in [0.15, 0.2) is 5.76 Å². The molecule has 1 aromatic heterocycles. The van der Waals surface area contributed by atoms with Gasteiger partial charge in [-0.05, 0) is 12.1 Å². The number of halogens is 3. The van der Waals surface area contributed by atoms with Crippen LogP contribution in [0, 0.1) is 0 Å². The molecule has 0 spiro atoms. The number of carbonyl (C=O) groups is 2. The Labute approximate surface area is 105 Å². The van der Waals surface area contributed by atoms with Crippen molar-refractivity contribution in [3.8, 4) is 0 Å². The van der Waals surface area contributed by atoms with Crippen LogP contribution in [0.15, 0.2) is 16.5 Å². The number of carboxylic acids is 1. The van der Waals surface area contributed by atoms with Gasteiger partial charge in [-0.25, -0.2) is 4.79 Å². The lowest BCUT2D eigenvalue weighted by molar-refractivity contribution is -0.173. The van der Waals surface area contributed by atoms with E-state index in [1.165, 1.54) is 0 Å². The van der Waals surface area contributed by atoms with Crippen LogP contribution in [0.3, 0.4) is 0 Å². The largest absolute Gasteiger partial charge is 0.475 e. The van der Waals surface area contributed by atoms with E-state index in [-0.39, 0.29) is 18.9 Å². The summed E-state index contributed by atoms with van der Waals surface area (Å²) < 4.78 is 44.1. The minimum Gasteiger partial charge on any atom is -0.475 e. The maximum Gasteiger partial charge on any atom is 0.411 e. The molecule has 1 aromatic rings. The van der Waals surface area contributed by atoms with Gasteiger partial charge in [-0.15, -0.1) is 0 Å². The van der Waals surface area contributed by atoms with Crippen LogP contribution in [0.1, 0.15) is 21.1 Å². The predicted molar refractivity (Wildman–Crippen MR) is 54.9 cm³/mol. The molecular weight excluding hydrogens is 271 g/mol. The molecule has 1 rings (SSSR count). The molecular formula is C10H10F3NO5. The highest BCUT2D eigenvalue weighted by atomic mass is 19.4. The van der Waals surface area contributed by atoms with Crippen LogP contribution >= 0.6 is 0 Å². The van der Waals surface area contributed by atoms with Crippen LogP contribution in [0.5, 0.6) is 0 Å². The van der Waals surface area contributed by atoms with E-state index in [1.54, 1.807) is 0 Å². The minimum absolute atomic E-state index is 0.155. The molecule has 0 saturated carbocycles. The lowest BCUT2D eigenvalue weighted by Gasteiger charge is -2.07. The number of nitrogens with one attached hydrogen (secondary N) is 1. The highest BCUT2D eigenvalue weighted by molar-refractivity contribution is 5.93. The van der Waals surface area contributed by atoms with Gasteiger partial charge in [0.1, 0.15) is 6.61 Å². The topological polar surface area (TPSA) is 88.8 Å². The number of furan rings is 1. The van der Waals surface area contributed by atoms with E-state index in [9.17, 15) is 22.8 Å². The van der Waals surface area contributed by atoms with Gasteiger partial charge in [0.05, 0.1) is 6.61 Å². The third-order valence-electron chi connectivity index (χ3n) is 1.84. The van der Waals surface area contributed by atoms with Gasteiger partial charge in [0, 0.05) is 6.54 Å². The van der Waals surface area contributed by atoms with E-state index < -0.39 is 30.4 Å². The van der Waals surface area contributed by atoms with E-state index in [1.807, 2.05) is 0 Å². The fourth-order valence-corrected chi connectivity index (χ4v) is 1.09. The molecule has 0 aliphatic rings. The molecule has 106 valence electrons. The second-order valence-corrected chi connectivity index (χ2v) is 3.39. The molecule has 1 heterocycles. The first-order valence-electron chi connectivity index (χ1n) is 5.05. The van der Waals surface area contributed by atoms with E-state index in [0.717, 1.165) is 12.1 Å². The van der Waals surface area contributed by atoms with Crippen LogP contribution in [0.4, 0.5) is 13.2 Å². The van der Waals surface area contributed by atoms with Gasteiger partial charge in [0.25, 0.3) is 5.91 Å². The third kappa shape index (κ3) is 5.42. The average Bonchev–Trinajstić information content (AvgIpc) is 2.76. The minimum atomic E-state index is -4.42. The Morgan fingerprint density at radius 1 is 1.32 bits per heavy atom. The molecule has 0 saturated heterocycles. The zero-order chi connectivity index (χ0) is 14.5. The van der Waals surface area contributed by atoms with Crippen molar-refractivity contribution in [1.82, 2.24) is 5.32 Å². The molecule has 0 aromatic carbocycles.